The molecular formula is C22H26N4O2S. The maximum absolute atomic E-state index is 12.9. The van der Waals surface area contributed by atoms with Crippen LogP contribution in [0, 0.1) is 0 Å². The number of nitrogens with zero attached hydrogens (tertiary/aromatic N) is 3. The van der Waals surface area contributed by atoms with Crippen molar-refractivity contribution in [2.24, 2.45) is 0 Å². The second-order valence-corrected chi connectivity index (χ2v) is 9.27. The van der Waals surface area contributed by atoms with Gasteiger partial charge in [-0.15, -0.1) is 11.3 Å². The number of thiophene rings is 1. The molecule has 4 heterocycles. The summed E-state index contributed by atoms with van der Waals surface area (Å²) in [4.78, 5) is 21.0. The lowest BCUT2D eigenvalue weighted by Crippen LogP contribution is -2.43. The molecule has 1 aromatic carbocycles. The van der Waals surface area contributed by atoms with E-state index < -0.39 is 0 Å². The molecule has 3 atom stereocenters. The summed E-state index contributed by atoms with van der Waals surface area (Å²) in [5.41, 5.74) is 1.55. The fourth-order valence-corrected chi connectivity index (χ4v) is 5.79. The molecule has 2 aliphatic rings. The molecule has 0 saturated carbocycles. The summed E-state index contributed by atoms with van der Waals surface area (Å²) in [5.74, 6) is 0.872. The number of benzene rings is 1. The molecule has 3 aromatic rings. The first kappa shape index (κ1) is 18.8. The molecule has 6 nitrogen and oxygen atoms in total. The number of piperidine rings is 1. The molecule has 0 amide bonds. The second kappa shape index (κ2) is 7.55. The highest BCUT2D eigenvalue weighted by Gasteiger charge is 2.39. The Morgan fingerprint density at radius 1 is 1.21 bits per heavy atom. The van der Waals surface area contributed by atoms with Crippen molar-refractivity contribution in [1.29, 1.82) is 0 Å². The third-order valence-electron chi connectivity index (χ3n) is 6.31. The van der Waals surface area contributed by atoms with Crippen molar-refractivity contribution < 1.29 is 4.74 Å². The van der Waals surface area contributed by atoms with E-state index in [1.165, 1.54) is 24.2 Å². The number of ether oxygens (including phenoxy) is 1. The van der Waals surface area contributed by atoms with Crippen molar-refractivity contribution in [1.82, 2.24) is 19.8 Å². The zero-order chi connectivity index (χ0) is 20.0. The predicted molar refractivity (Wildman–Crippen MR) is 116 cm³/mol. The Hall–Kier alpha value is -2.22. The maximum Gasteiger partial charge on any atom is 0.275 e. The first-order valence-electron chi connectivity index (χ1n) is 10.3. The quantitative estimate of drug-likeness (QED) is 0.700. The molecule has 1 N–H and O–H groups in total. The van der Waals surface area contributed by atoms with Crippen LogP contribution >= 0.6 is 11.3 Å². The fourth-order valence-electron chi connectivity index (χ4n) is 4.74. The number of fused-ring (bicyclic) bond motifs is 3. The maximum atomic E-state index is 12.9. The molecule has 2 aromatic heterocycles. The van der Waals surface area contributed by atoms with Gasteiger partial charge in [-0.1, -0.05) is 0 Å². The summed E-state index contributed by atoms with van der Waals surface area (Å²) < 4.78 is 8.58. The van der Waals surface area contributed by atoms with Crippen molar-refractivity contribution in [2.45, 2.75) is 50.4 Å². The van der Waals surface area contributed by atoms with Crippen LogP contribution in [0.4, 0.5) is 0 Å². The zero-order valence-electron chi connectivity index (χ0n) is 16.8. The highest BCUT2D eigenvalue weighted by Crippen LogP contribution is 2.36. The molecule has 152 valence electrons. The number of hydrogen-bond donors (Lipinski definition) is 1. The van der Waals surface area contributed by atoms with E-state index in [1.807, 2.05) is 37.4 Å². The van der Waals surface area contributed by atoms with Gasteiger partial charge in [-0.2, -0.15) is 0 Å². The fraction of sp³-hybridized carbons (Fsp3) is 0.455. The molecule has 0 spiro atoms. The van der Waals surface area contributed by atoms with E-state index in [4.69, 9.17) is 4.74 Å². The van der Waals surface area contributed by atoms with Crippen LogP contribution in [-0.4, -0.2) is 46.7 Å². The summed E-state index contributed by atoms with van der Waals surface area (Å²) in [6.45, 7) is 0.741. The molecule has 7 heteroatoms. The molecular weight excluding hydrogens is 384 g/mol. The molecule has 5 rings (SSSR count). The van der Waals surface area contributed by atoms with Gasteiger partial charge in [-0.3, -0.25) is 9.36 Å². The smallest absolute Gasteiger partial charge is 0.275 e. The van der Waals surface area contributed by atoms with Crippen LogP contribution in [0.15, 0.2) is 41.5 Å². The highest BCUT2D eigenvalue weighted by atomic mass is 32.1. The molecule has 2 aliphatic heterocycles. The minimum Gasteiger partial charge on any atom is -0.490 e. The number of nitrogens with one attached hydrogen (secondary N) is 1. The highest BCUT2D eigenvalue weighted by molar-refractivity contribution is 7.18. The van der Waals surface area contributed by atoms with Gasteiger partial charge in [0, 0.05) is 23.5 Å². The van der Waals surface area contributed by atoms with Crippen LogP contribution in [0.3, 0.4) is 0 Å². The van der Waals surface area contributed by atoms with Crippen LogP contribution in [0.5, 0.6) is 5.75 Å². The molecule has 2 bridgehead atoms. The lowest BCUT2D eigenvalue weighted by Gasteiger charge is -2.36. The van der Waals surface area contributed by atoms with Gasteiger partial charge in [0.15, 0.2) is 0 Å². The number of aromatic nitrogens is 2. The van der Waals surface area contributed by atoms with E-state index in [9.17, 15) is 4.79 Å². The molecule has 2 saturated heterocycles. The van der Waals surface area contributed by atoms with Gasteiger partial charge in [0.25, 0.3) is 5.56 Å². The first-order valence-corrected chi connectivity index (χ1v) is 11.1. The van der Waals surface area contributed by atoms with Gasteiger partial charge in [-0.05, 0) is 70.1 Å². The minimum atomic E-state index is -0.0251. The van der Waals surface area contributed by atoms with Crippen molar-refractivity contribution >= 4 is 21.6 Å². The van der Waals surface area contributed by atoms with Crippen LogP contribution in [0.25, 0.3) is 15.9 Å². The molecule has 0 aliphatic carbocycles. The standard InChI is InChI=1S/C22H26N4O2S/c1-23-12-19-11-20-21(29-19)22(27)26(13-24-20)14-5-7-17(8-6-14)28-18-9-15-3-4-16(10-18)25(15)2/h5-8,11,13,15-16,18,23H,3-4,9-10,12H2,1-2H3/t15-,16+,18-. The van der Waals surface area contributed by atoms with Crippen LogP contribution in [0.1, 0.15) is 30.6 Å². The van der Waals surface area contributed by atoms with Crippen LogP contribution < -0.4 is 15.6 Å². The van der Waals surface area contributed by atoms with Gasteiger partial charge in [0.2, 0.25) is 0 Å². The van der Waals surface area contributed by atoms with Gasteiger partial charge in [-0.25, -0.2) is 4.98 Å². The van der Waals surface area contributed by atoms with E-state index in [0.717, 1.165) is 41.2 Å². The Morgan fingerprint density at radius 2 is 1.93 bits per heavy atom. The Labute approximate surface area is 174 Å². The Morgan fingerprint density at radius 3 is 2.62 bits per heavy atom. The lowest BCUT2D eigenvalue weighted by atomic mass is 10.0. The van der Waals surface area contributed by atoms with Crippen LogP contribution in [0.2, 0.25) is 0 Å². The lowest BCUT2D eigenvalue weighted by molar-refractivity contribution is 0.0662. The third kappa shape index (κ3) is 3.47. The average Bonchev–Trinajstić information content (AvgIpc) is 3.20. The molecule has 2 fully saturated rings. The van der Waals surface area contributed by atoms with E-state index in [-0.39, 0.29) is 11.7 Å². The number of hydrogen-bond acceptors (Lipinski definition) is 6. The van der Waals surface area contributed by atoms with Gasteiger partial charge < -0.3 is 15.0 Å². The minimum absolute atomic E-state index is 0.0251. The first-order chi connectivity index (χ1) is 14.1. The average molecular weight is 411 g/mol. The van der Waals surface area contributed by atoms with Crippen LogP contribution in [-0.2, 0) is 6.54 Å². The van der Waals surface area contributed by atoms with E-state index in [0.29, 0.717) is 16.8 Å². The van der Waals surface area contributed by atoms with Crippen molar-refractivity contribution in [2.75, 3.05) is 14.1 Å². The topological polar surface area (TPSA) is 59.4 Å². The second-order valence-electron chi connectivity index (χ2n) is 8.13. The largest absolute Gasteiger partial charge is 0.490 e. The summed E-state index contributed by atoms with van der Waals surface area (Å²) >= 11 is 1.50. The zero-order valence-corrected chi connectivity index (χ0v) is 17.6. The Bertz CT molecular complexity index is 1060. The number of rotatable bonds is 5. The van der Waals surface area contributed by atoms with Crippen molar-refractivity contribution in [3.8, 4) is 11.4 Å². The Balaban J connectivity index is 1.35. The summed E-state index contributed by atoms with van der Waals surface area (Å²) in [6.07, 6.45) is 6.68. The SMILES string of the molecule is CNCc1cc2ncn(-c3ccc(O[C@@H]4C[C@H]5CC[C@@H](C4)N5C)cc3)c(=O)c2s1. The molecule has 0 radical (unpaired) electrons. The van der Waals surface area contributed by atoms with Gasteiger partial charge in [0.05, 0.1) is 11.2 Å². The summed E-state index contributed by atoms with van der Waals surface area (Å²) in [6, 6.07) is 11.1. The van der Waals surface area contributed by atoms with Crippen molar-refractivity contribution in [3.05, 3.63) is 51.9 Å². The van der Waals surface area contributed by atoms with E-state index in [2.05, 4.69) is 22.2 Å². The van der Waals surface area contributed by atoms with E-state index in [1.54, 1.807) is 10.9 Å². The third-order valence-corrected chi connectivity index (χ3v) is 7.42. The Kier molecular flexibility index (Phi) is 4.89. The summed E-state index contributed by atoms with van der Waals surface area (Å²) in [5, 5.41) is 3.12. The van der Waals surface area contributed by atoms with E-state index >= 15 is 0 Å². The van der Waals surface area contributed by atoms with Crippen molar-refractivity contribution in [3.63, 3.8) is 0 Å². The monoisotopic (exact) mass is 410 g/mol. The molecule has 29 heavy (non-hydrogen) atoms. The van der Waals surface area contributed by atoms with Gasteiger partial charge in [0.1, 0.15) is 22.9 Å². The predicted octanol–water partition coefficient (Wildman–Crippen LogP) is 3.17. The molecule has 0 unspecified atom stereocenters. The normalized spacial score (nSPS) is 24.3. The summed E-state index contributed by atoms with van der Waals surface area (Å²) in [7, 11) is 4.14. The van der Waals surface area contributed by atoms with Gasteiger partial charge >= 0.3 is 0 Å².